The topological polar surface area (TPSA) is 12.5 Å². The summed E-state index contributed by atoms with van der Waals surface area (Å²) < 4.78 is 5.07. The number of alkyl halides is 1. The van der Waals surface area contributed by atoms with Crippen molar-refractivity contribution in [1.29, 1.82) is 0 Å². The Kier molecular flexibility index (Phi) is 2.97. The van der Waals surface area contributed by atoms with Gasteiger partial charge in [-0.05, 0) is 12.5 Å². The van der Waals surface area contributed by atoms with Crippen molar-refractivity contribution in [3.8, 4) is 0 Å². The van der Waals surface area contributed by atoms with E-state index in [-0.39, 0.29) is 0 Å². The second-order valence-corrected chi connectivity index (χ2v) is 2.62. The van der Waals surface area contributed by atoms with Gasteiger partial charge in [0.15, 0.2) is 0 Å². The summed E-state index contributed by atoms with van der Waals surface area (Å²) in [7, 11) is 0. The van der Waals surface area contributed by atoms with Gasteiger partial charge in [-0.2, -0.15) is 0 Å². The van der Waals surface area contributed by atoms with Crippen molar-refractivity contribution in [2.75, 3.05) is 12.5 Å². The summed E-state index contributed by atoms with van der Waals surface area (Å²) in [6.07, 6.45) is 6.30. The number of hydrogen-bond acceptors (Lipinski definition) is 1. The van der Waals surface area contributed by atoms with Gasteiger partial charge in [0.05, 0.1) is 6.61 Å². The Morgan fingerprint density at radius 1 is 1.80 bits per heavy atom. The molecular weight excluding hydrogens is 148 g/mol. The Morgan fingerprint density at radius 2 is 2.50 bits per heavy atom. The molecule has 1 rings (SSSR count). The van der Waals surface area contributed by atoms with Crippen LogP contribution in [0.15, 0.2) is 23.8 Å². The minimum absolute atomic E-state index is 0.389. The van der Waals surface area contributed by atoms with Gasteiger partial charge in [-0.15, -0.1) is 11.6 Å². The first kappa shape index (κ1) is 7.83. The molecule has 0 radical (unpaired) electrons. The Bertz CT molecular complexity index is 157. The number of allylic oxidation sites excluding steroid dienone is 3. The van der Waals surface area contributed by atoms with Gasteiger partial charge in [-0.1, -0.05) is 18.2 Å². The maximum Gasteiger partial charge on any atom is 0.102 e. The van der Waals surface area contributed by atoms with E-state index in [4.69, 9.17) is 16.3 Å². The first-order chi connectivity index (χ1) is 4.84. The molecule has 0 aromatic heterocycles. The molecule has 0 saturated carbocycles. The van der Waals surface area contributed by atoms with Crippen LogP contribution in [0.25, 0.3) is 0 Å². The van der Waals surface area contributed by atoms with E-state index >= 15 is 0 Å². The Balaban J connectivity index is 2.29. The lowest BCUT2D eigenvalue weighted by Gasteiger charge is -1.87. The van der Waals surface area contributed by atoms with Gasteiger partial charge in [-0.3, -0.25) is 0 Å². The summed E-state index contributed by atoms with van der Waals surface area (Å²) in [6.45, 7) is 2.95. The van der Waals surface area contributed by atoms with Crippen LogP contribution in [-0.4, -0.2) is 18.6 Å². The average Bonchev–Trinajstić information content (AvgIpc) is 2.69. The van der Waals surface area contributed by atoms with Crippen LogP contribution in [0.2, 0.25) is 0 Å². The van der Waals surface area contributed by atoms with Crippen LogP contribution < -0.4 is 0 Å². The summed E-state index contributed by atoms with van der Waals surface area (Å²) in [4.78, 5) is 0. The molecule has 56 valence electrons. The normalized spacial score (nSPS) is 25.8. The molecule has 1 nitrogen and oxygen atoms in total. The third-order valence-corrected chi connectivity index (χ3v) is 1.60. The molecule has 1 aliphatic heterocycles. The van der Waals surface area contributed by atoms with Crippen molar-refractivity contribution in [1.82, 2.24) is 0 Å². The fraction of sp³-hybridized carbons (Fsp3) is 0.500. The minimum Gasteiger partial charge on any atom is -0.368 e. The van der Waals surface area contributed by atoms with Crippen molar-refractivity contribution < 1.29 is 4.74 Å². The smallest absolute Gasteiger partial charge is 0.102 e. The van der Waals surface area contributed by atoms with E-state index in [0.717, 1.165) is 6.61 Å². The first-order valence-electron chi connectivity index (χ1n) is 3.35. The molecule has 0 aromatic rings. The van der Waals surface area contributed by atoms with Gasteiger partial charge >= 0.3 is 0 Å². The van der Waals surface area contributed by atoms with Crippen LogP contribution in [-0.2, 0) is 4.74 Å². The van der Waals surface area contributed by atoms with Crippen molar-refractivity contribution in [3.63, 3.8) is 0 Å². The highest BCUT2D eigenvalue weighted by molar-refractivity contribution is 6.18. The number of halogens is 1. The van der Waals surface area contributed by atoms with Crippen molar-refractivity contribution in [3.05, 3.63) is 23.8 Å². The largest absolute Gasteiger partial charge is 0.368 e. The highest BCUT2D eigenvalue weighted by Gasteiger charge is 2.23. The predicted octanol–water partition coefficient (Wildman–Crippen LogP) is 2.13. The number of rotatable bonds is 3. The molecule has 0 bridgehead atoms. The molecule has 1 fully saturated rings. The zero-order valence-corrected chi connectivity index (χ0v) is 6.77. The van der Waals surface area contributed by atoms with Gasteiger partial charge in [0.2, 0.25) is 0 Å². The van der Waals surface area contributed by atoms with E-state index in [1.165, 1.54) is 5.57 Å². The third kappa shape index (κ3) is 2.54. The van der Waals surface area contributed by atoms with Crippen molar-refractivity contribution in [2.24, 2.45) is 0 Å². The van der Waals surface area contributed by atoms with Crippen molar-refractivity contribution in [2.45, 2.75) is 13.0 Å². The predicted molar refractivity (Wildman–Crippen MR) is 43.4 cm³/mol. The Morgan fingerprint density at radius 3 is 3.00 bits per heavy atom. The number of hydrogen-bond donors (Lipinski definition) is 0. The van der Waals surface area contributed by atoms with Crippen LogP contribution in [0, 0.1) is 0 Å². The Labute approximate surface area is 66.3 Å². The number of epoxide rings is 1. The molecule has 0 amide bonds. The SMILES string of the molecule is C/C(=C\C=C/CCl)[C@@H]1CO1. The summed E-state index contributed by atoms with van der Waals surface area (Å²) in [5, 5.41) is 0. The third-order valence-electron chi connectivity index (χ3n) is 1.43. The highest BCUT2D eigenvalue weighted by Crippen LogP contribution is 2.18. The molecule has 0 spiro atoms. The lowest BCUT2D eigenvalue weighted by Crippen LogP contribution is -1.84. The molecule has 1 aliphatic rings. The molecule has 10 heavy (non-hydrogen) atoms. The van der Waals surface area contributed by atoms with Gasteiger partial charge < -0.3 is 4.74 Å². The van der Waals surface area contributed by atoms with Crippen molar-refractivity contribution >= 4 is 11.6 Å². The van der Waals surface area contributed by atoms with E-state index in [1.807, 2.05) is 18.2 Å². The lowest BCUT2D eigenvalue weighted by molar-refractivity contribution is 0.432. The van der Waals surface area contributed by atoms with Gasteiger partial charge in [0.1, 0.15) is 6.10 Å². The maximum absolute atomic E-state index is 5.43. The van der Waals surface area contributed by atoms with Crippen LogP contribution >= 0.6 is 11.6 Å². The summed E-state index contributed by atoms with van der Waals surface area (Å²) in [5.74, 6) is 0.579. The van der Waals surface area contributed by atoms with Crippen LogP contribution in [0.4, 0.5) is 0 Å². The maximum atomic E-state index is 5.43. The van der Waals surface area contributed by atoms with Gasteiger partial charge in [0.25, 0.3) is 0 Å². The fourth-order valence-corrected chi connectivity index (χ4v) is 0.792. The lowest BCUT2D eigenvalue weighted by atomic mass is 10.2. The molecule has 0 unspecified atom stereocenters. The molecule has 0 aliphatic carbocycles. The van der Waals surface area contributed by atoms with E-state index in [1.54, 1.807) is 0 Å². The van der Waals surface area contributed by atoms with E-state index < -0.39 is 0 Å². The molecule has 1 heterocycles. The Hall–Kier alpha value is -0.270. The van der Waals surface area contributed by atoms with Crippen LogP contribution in [0.1, 0.15) is 6.92 Å². The van der Waals surface area contributed by atoms with Gasteiger partial charge in [-0.25, -0.2) is 0 Å². The van der Waals surface area contributed by atoms with E-state index in [0.29, 0.717) is 12.0 Å². The fourth-order valence-electron chi connectivity index (χ4n) is 0.690. The number of ether oxygens (including phenoxy) is 1. The van der Waals surface area contributed by atoms with E-state index in [9.17, 15) is 0 Å². The molecule has 0 aromatic carbocycles. The standard InChI is InChI=1S/C8H11ClO/c1-7(8-6-10-8)4-2-3-5-9/h2-4,8H,5-6H2,1H3/b3-2-,7-4+/t8-/m0/s1. The molecule has 0 N–H and O–H groups in total. The van der Waals surface area contributed by atoms with E-state index in [2.05, 4.69) is 6.92 Å². The molecule has 1 atom stereocenters. The zero-order chi connectivity index (χ0) is 7.40. The first-order valence-corrected chi connectivity index (χ1v) is 3.89. The van der Waals surface area contributed by atoms with Crippen LogP contribution in [0.3, 0.4) is 0 Å². The summed E-state index contributed by atoms with van der Waals surface area (Å²) >= 11 is 5.43. The summed E-state index contributed by atoms with van der Waals surface area (Å²) in [6, 6.07) is 0. The molecule has 2 heteroatoms. The molecular formula is C8H11ClO. The highest BCUT2D eigenvalue weighted by atomic mass is 35.5. The second kappa shape index (κ2) is 3.79. The molecule has 1 saturated heterocycles. The zero-order valence-electron chi connectivity index (χ0n) is 6.01. The minimum atomic E-state index is 0.389. The van der Waals surface area contributed by atoms with Crippen LogP contribution in [0.5, 0.6) is 0 Å². The van der Waals surface area contributed by atoms with Gasteiger partial charge in [0, 0.05) is 5.88 Å². The summed E-state index contributed by atoms with van der Waals surface area (Å²) in [5.41, 5.74) is 1.28. The second-order valence-electron chi connectivity index (χ2n) is 2.32. The monoisotopic (exact) mass is 158 g/mol. The quantitative estimate of drug-likeness (QED) is 0.348. The average molecular weight is 159 g/mol.